The van der Waals surface area contributed by atoms with Crippen molar-refractivity contribution in [1.82, 2.24) is 5.32 Å². The van der Waals surface area contributed by atoms with Crippen LogP contribution in [0.25, 0.3) is 0 Å². The van der Waals surface area contributed by atoms with Crippen molar-refractivity contribution in [2.45, 2.75) is 75.7 Å². The zero-order valence-corrected chi connectivity index (χ0v) is 22.4. The largest absolute Gasteiger partial charge is 0.508 e. The first-order valence-electron chi connectivity index (χ1n) is 13.3. The average Bonchev–Trinajstić information content (AvgIpc) is 2.86. The number of aliphatic hydroxyl groups is 1. The molecule has 1 aliphatic heterocycles. The lowest BCUT2D eigenvalue weighted by Gasteiger charge is -2.36. The molecule has 0 saturated heterocycles. The van der Waals surface area contributed by atoms with Crippen molar-refractivity contribution >= 4 is 29.0 Å². The molecule has 1 fully saturated rings. The number of aromatic hydroxyl groups is 1. The van der Waals surface area contributed by atoms with Crippen LogP contribution in [0.5, 0.6) is 5.75 Å². The number of phenols is 1. The number of halogens is 1. The van der Waals surface area contributed by atoms with Crippen LogP contribution in [0.3, 0.4) is 0 Å². The predicted octanol–water partition coefficient (Wildman–Crippen LogP) is 5.01. The Hall–Kier alpha value is -3.21. The number of carbonyl (C=O) groups is 2. The Bertz CT molecular complexity index is 1280. The number of nitrogens with zero attached hydrogens (tertiary/aromatic N) is 2. The van der Waals surface area contributed by atoms with E-state index in [1.165, 1.54) is 6.07 Å². The highest BCUT2D eigenvalue weighted by Crippen LogP contribution is 2.45. The third kappa shape index (κ3) is 6.61. The fraction of sp³-hybridized carbons (Fsp3) is 0.467. The fourth-order valence-corrected chi connectivity index (χ4v) is 5.51. The molecule has 2 aromatic carbocycles. The molecule has 0 aromatic heterocycles. The van der Waals surface area contributed by atoms with Crippen LogP contribution in [0.4, 0.5) is 0 Å². The smallest absolute Gasteiger partial charge is 0.251 e. The Balaban J connectivity index is 1.37. The van der Waals surface area contributed by atoms with Gasteiger partial charge in [-0.1, -0.05) is 24.6 Å². The molecule has 1 amide bonds. The Kier molecular flexibility index (Phi) is 8.86. The van der Waals surface area contributed by atoms with Crippen LogP contribution in [0.1, 0.15) is 84.8 Å². The second-order valence-electron chi connectivity index (χ2n) is 10.5. The van der Waals surface area contributed by atoms with Crippen molar-refractivity contribution in [2.24, 2.45) is 4.99 Å². The molecule has 2 aliphatic rings. The van der Waals surface area contributed by atoms with Gasteiger partial charge in [-0.05, 0) is 91.5 Å². The second kappa shape index (κ2) is 12.1. The number of nitrogens with one attached hydrogen (secondary N) is 1. The molecule has 0 bridgehead atoms. The first-order chi connectivity index (χ1) is 18.2. The SMILES string of the molecule is CC[C@H](CC(=O)CNC(=O)c1cc(O)cc(CC2=NCC(O)CC2)c1)c1cc(Cl)cc(C2(C#N)CCC2)c1. The second-order valence-corrected chi connectivity index (χ2v) is 11.0. The predicted molar refractivity (Wildman–Crippen MR) is 147 cm³/mol. The minimum absolute atomic E-state index is 0.0279. The number of hydrogen-bond donors (Lipinski definition) is 3. The maximum atomic E-state index is 12.8. The summed E-state index contributed by atoms with van der Waals surface area (Å²) in [6.45, 7) is 2.25. The minimum atomic E-state index is -0.485. The third-order valence-electron chi connectivity index (χ3n) is 7.72. The van der Waals surface area contributed by atoms with Gasteiger partial charge in [0.15, 0.2) is 5.78 Å². The van der Waals surface area contributed by atoms with E-state index in [0.29, 0.717) is 30.8 Å². The molecular weight excluding hydrogens is 502 g/mol. The summed E-state index contributed by atoms with van der Waals surface area (Å²) in [7, 11) is 0. The molecule has 2 aromatic rings. The van der Waals surface area contributed by atoms with Crippen molar-refractivity contribution in [2.75, 3.05) is 13.1 Å². The molecule has 7 nitrogen and oxygen atoms in total. The van der Waals surface area contributed by atoms with Gasteiger partial charge in [-0.25, -0.2) is 0 Å². The van der Waals surface area contributed by atoms with Crippen LogP contribution >= 0.6 is 11.6 Å². The molecule has 1 unspecified atom stereocenters. The molecule has 200 valence electrons. The lowest BCUT2D eigenvalue weighted by atomic mass is 9.65. The first kappa shape index (κ1) is 27.8. The van der Waals surface area contributed by atoms with Gasteiger partial charge in [-0.15, -0.1) is 0 Å². The number of aliphatic hydroxyl groups excluding tert-OH is 1. The van der Waals surface area contributed by atoms with Gasteiger partial charge in [0.2, 0.25) is 0 Å². The molecule has 2 atom stereocenters. The summed E-state index contributed by atoms with van der Waals surface area (Å²) in [6.07, 6.45) is 5.03. The molecule has 1 saturated carbocycles. The van der Waals surface area contributed by atoms with Crippen LogP contribution in [0.2, 0.25) is 5.02 Å². The third-order valence-corrected chi connectivity index (χ3v) is 7.94. The zero-order valence-electron chi connectivity index (χ0n) is 21.7. The summed E-state index contributed by atoms with van der Waals surface area (Å²) in [5.74, 6) is -0.647. The summed E-state index contributed by atoms with van der Waals surface area (Å²) in [6, 6.07) is 12.9. The minimum Gasteiger partial charge on any atom is -0.508 e. The Labute approximate surface area is 228 Å². The number of ketones is 1. The summed E-state index contributed by atoms with van der Waals surface area (Å²) in [5.41, 5.74) is 3.32. The molecule has 4 rings (SSSR count). The maximum Gasteiger partial charge on any atom is 0.251 e. The van der Waals surface area contributed by atoms with E-state index in [4.69, 9.17) is 11.6 Å². The van der Waals surface area contributed by atoms with Gasteiger partial charge in [0.05, 0.1) is 30.7 Å². The van der Waals surface area contributed by atoms with Crippen LogP contribution in [0.15, 0.2) is 41.4 Å². The molecule has 0 spiro atoms. The maximum absolute atomic E-state index is 12.8. The van der Waals surface area contributed by atoms with Crippen molar-refractivity contribution in [1.29, 1.82) is 5.26 Å². The number of amides is 1. The van der Waals surface area contributed by atoms with Gasteiger partial charge >= 0.3 is 0 Å². The number of benzene rings is 2. The van der Waals surface area contributed by atoms with Gasteiger partial charge in [-0.3, -0.25) is 14.6 Å². The first-order valence-corrected chi connectivity index (χ1v) is 13.6. The van der Waals surface area contributed by atoms with Gasteiger partial charge in [0.25, 0.3) is 5.91 Å². The number of carbonyl (C=O) groups excluding carboxylic acids is 2. The number of rotatable bonds is 10. The van der Waals surface area contributed by atoms with Crippen LogP contribution < -0.4 is 5.32 Å². The van der Waals surface area contributed by atoms with Gasteiger partial charge in [-0.2, -0.15) is 5.26 Å². The van der Waals surface area contributed by atoms with Gasteiger partial charge in [0, 0.05) is 29.1 Å². The van der Waals surface area contributed by atoms with E-state index < -0.39 is 17.4 Å². The van der Waals surface area contributed by atoms with Crippen LogP contribution in [-0.2, 0) is 16.6 Å². The number of hydrogen-bond acceptors (Lipinski definition) is 6. The molecule has 3 N–H and O–H groups in total. The number of phenolic OH excluding ortho intramolecular Hbond substituents is 1. The lowest BCUT2D eigenvalue weighted by Crippen LogP contribution is -2.32. The Morgan fingerprint density at radius 2 is 2.03 bits per heavy atom. The zero-order chi connectivity index (χ0) is 27.3. The van der Waals surface area contributed by atoms with Crippen LogP contribution in [-0.4, -0.2) is 46.8 Å². The summed E-state index contributed by atoms with van der Waals surface area (Å²) >= 11 is 6.41. The highest BCUT2D eigenvalue weighted by molar-refractivity contribution is 6.30. The quantitative estimate of drug-likeness (QED) is 0.394. The van der Waals surface area contributed by atoms with Gasteiger partial charge in [0.1, 0.15) is 5.75 Å². The van der Waals surface area contributed by atoms with E-state index in [1.54, 1.807) is 12.1 Å². The van der Waals surface area contributed by atoms with E-state index >= 15 is 0 Å². The highest BCUT2D eigenvalue weighted by Gasteiger charge is 2.39. The molecule has 1 heterocycles. The summed E-state index contributed by atoms with van der Waals surface area (Å²) < 4.78 is 0. The average molecular weight is 536 g/mol. The monoisotopic (exact) mass is 535 g/mol. The summed E-state index contributed by atoms with van der Waals surface area (Å²) in [4.78, 5) is 30.0. The van der Waals surface area contributed by atoms with E-state index in [9.17, 15) is 25.1 Å². The highest BCUT2D eigenvalue weighted by atomic mass is 35.5. The molecule has 1 aliphatic carbocycles. The fourth-order valence-electron chi connectivity index (χ4n) is 5.27. The number of nitriles is 1. The van der Waals surface area contributed by atoms with E-state index in [0.717, 1.165) is 48.1 Å². The topological polar surface area (TPSA) is 123 Å². The van der Waals surface area contributed by atoms with Crippen molar-refractivity contribution < 1.29 is 19.8 Å². The molecule has 38 heavy (non-hydrogen) atoms. The van der Waals surface area contributed by atoms with Crippen molar-refractivity contribution in [3.05, 3.63) is 63.7 Å². The van der Waals surface area contributed by atoms with E-state index in [1.807, 2.05) is 25.1 Å². The Morgan fingerprint density at radius 3 is 2.66 bits per heavy atom. The number of Topliss-reactive ketones (excluding diaryl/α,β-unsaturated/α-hetero) is 1. The summed E-state index contributed by atoms with van der Waals surface area (Å²) in [5, 5.41) is 32.8. The van der Waals surface area contributed by atoms with E-state index in [-0.39, 0.29) is 36.0 Å². The van der Waals surface area contributed by atoms with Crippen molar-refractivity contribution in [3.8, 4) is 11.8 Å². The standard InChI is InChI=1S/C30H34ClN3O4/c1-2-20(21-11-23(15-24(31)12-21)30(18-32)6-3-7-30)13-28(37)17-34-29(38)22-8-19(10-27(36)14-22)9-25-4-5-26(35)16-33-25/h8,10-12,14-15,20,26,35-36H,2-7,9,13,16-17H2,1H3,(H,34,38)/t20-,26?/m1/s1. The molecule has 0 radical (unpaired) electrons. The Morgan fingerprint density at radius 1 is 1.24 bits per heavy atom. The van der Waals surface area contributed by atoms with E-state index in [2.05, 4.69) is 16.4 Å². The number of aliphatic imine (C=N–C) groups is 1. The van der Waals surface area contributed by atoms with Crippen LogP contribution in [0, 0.1) is 11.3 Å². The molecule has 8 heteroatoms. The molecular formula is C30H34ClN3O4. The normalized spacial score (nSPS) is 19.0. The van der Waals surface area contributed by atoms with Gasteiger partial charge < -0.3 is 15.5 Å². The van der Waals surface area contributed by atoms with Crippen molar-refractivity contribution in [3.63, 3.8) is 0 Å². The lowest BCUT2D eigenvalue weighted by molar-refractivity contribution is -0.118.